The molecule has 110 valence electrons. The van der Waals surface area contributed by atoms with E-state index in [1.54, 1.807) is 18.2 Å². The van der Waals surface area contributed by atoms with Crippen LogP contribution in [0.2, 0.25) is 5.02 Å². The fourth-order valence-corrected chi connectivity index (χ4v) is 2.18. The second-order valence-electron chi connectivity index (χ2n) is 3.78. The zero-order valence-corrected chi connectivity index (χ0v) is 12.6. The van der Waals surface area contributed by atoms with Crippen molar-refractivity contribution in [2.75, 3.05) is 24.7 Å². The minimum absolute atomic E-state index is 0.0288. The fraction of sp³-hybridized carbons (Fsp3) is 0.385. The number of hydrogen-bond acceptors (Lipinski definition) is 4. The van der Waals surface area contributed by atoms with Crippen molar-refractivity contribution in [2.24, 2.45) is 0 Å². The molecular formula is C13H16ClNO4S. The van der Waals surface area contributed by atoms with Gasteiger partial charge in [0.25, 0.3) is 5.91 Å². The van der Waals surface area contributed by atoms with Gasteiger partial charge in [0.1, 0.15) is 5.75 Å². The maximum atomic E-state index is 12.0. The molecule has 5 nitrogen and oxygen atoms in total. The summed E-state index contributed by atoms with van der Waals surface area (Å²) in [4.78, 5) is 22.3. The highest BCUT2D eigenvalue weighted by molar-refractivity contribution is 7.99. The molecule has 0 aliphatic carbocycles. The first-order valence-electron chi connectivity index (χ1n) is 6.04. The van der Waals surface area contributed by atoms with Crippen LogP contribution in [0.25, 0.3) is 0 Å². The Labute approximate surface area is 126 Å². The van der Waals surface area contributed by atoms with Crippen LogP contribution in [-0.2, 0) is 4.79 Å². The number of benzene rings is 1. The number of carboxylic acids is 1. The van der Waals surface area contributed by atoms with Gasteiger partial charge in [-0.15, -0.1) is 11.8 Å². The summed E-state index contributed by atoms with van der Waals surface area (Å²) in [6.07, 6.45) is 0. The Bertz CT molecular complexity index is 481. The Morgan fingerprint density at radius 2 is 2.20 bits per heavy atom. The van der Waals surface area contributed by atoms with E-state index in [9.17, 15) is 9.59 Å². The van der Waals surface area contributed by atoms with E-state index in [0.717, 1.165) is 0 Å². The Hall–Kier alpha value is -1.40. The van der Waals surface area contributed by atoms with Crippen LogP contribution >= 0.6 is 23.4 Å². The lowest BCUT2D eigenvalue weighted by Gasteiger charge is -2.10. The minimum atomic E-state index is -0.863. The summed E-state index contributed by atoms with van der Waals surface area (Å²) in [6.45, 7) is 2.66. The van der Waals surface area contributed by atoms with Crippen LogP contribution in [0.4, 0.5) is 0 Å². The number of thioether (sulfide) groups is 1. The summed E-state index contributed by atoms with van der Waals surface area (Å²) >= 11 is 7.11. The number of carboxylic acid groups (broad SMARTS) is 1. The molecule has 0 aliphatic heterocycles. The Morgan fingerprint density at radius 3 is 2.85 bits per heavy atom. The van der Waals surface area contributed by atoms with Crippen LogP contribution in [0.3, 0.4) is 0 Å². The van der Waals surface area contributed by atoms with Crippen LogP contribution in [0.15, 0.2) is 18.2 Å². The second kappa shape index (κ2) is 8.71. The maximum absolute atomic E-state index is 12.0. The summed E-state index contributed by atoms with van der Waals surface area (Å²) in [5, 5.41) is 11.7. The van der Waals surface area contributed by atoms with Gasteiger partial charge in [-0.05, 0) is 25.1 Å². The summed E-state index contributed by atoms with van der Waals surface area (Å²) in [7, 11) is 0. The third-order valence-corrected chi connectivity index (χ3v) is 3.42. The molecule has 0 bridgehead atoms. The third-order valence-electron chi connectivity index (χ3n) is 2.25. The fourth-order valence-electron chi connectivity index (χ4n) is 1.45. The van der Waals surface area contributed by atoms with E-state index in [1.807, 2.05) is 6.92 Å². The Kier molecular flexibility index (Phi) is 7.25. The van der Waals surface area contributed by atoms with Gasteiger partial charge in [-0.1, -0.05) is 11.6 Å². The van der Waals surface area contributed by atoms with Gasteiger partial charge in [0.2, 0.25) is 0 Å². The van der Waals surface area contributed by atoms with Gasteiger partial charge in [-0.2, -0.15) is 0 Å². The largest absolute Gasteiger partial charge is 0.493 e. The molecule has 1 aromatic carbocycles. The molecule has 0 unspecified atom stereocenters. The number of rotatable bonds is 8. The molecule has 0 aliphatic rings. The van der Waals surface area contributed by atoms with Crippen molar-refractivity contribution in [3.63, 3.8) is 0 Å². The summed E-state index contributed by atoms with van der Waals surface area (Å²) in [5.74, 6) is -0.120. The first-order valence-corrected chi connectivity index (χ1v) is 7.58. The molecule has 1 aromatic rings. The number of hydrogen-bond donors (Lipinski definition) is 2. The molecule has 0 fully saturated rings. The van der Waals surface area contributed by atoms with Crippen molar-refractivity contribution in [3.05, 3.63) is 28.8 Å². The zero-order chi connectivity index (χ0) is 15.0. The van der Waals surface area contributed by atoms with Crippen molar-refractivity contribution in [1.29, 1.82) is 0 Å². The molecule has 0 radical (unpaired) electrons. The minimum Gasteiger partial charge on any atom is -0.493 e. The van der Waals surface area contributed by atoms with Gasteiger partial charge in [0.05, 0.1) is 17.9 Å². The number of ether oxygens (including phenoxy) is 1. The number of carbonyl (C=O) groups is 2. The van der Waals surface area contributed by atoms with Crippen LogP contribution in [0.5, 0.6) is 5.75 Å². The second-order valence-corrected chi connectivity index (χ2v) is 5.32. The van der Waals surface area contributed by atoms with Crippen molar-refractivity contribution in [1.82, 2.24) is 5.32 Å². The van der Waals surface area contributed by atoms with Crippen molar-refractivity contribution in [3.8, 4) is 5.75 Å². The first-order chi connectivity index (χ1) is 9.54. The van der Waals surface area contributed by atoms with Gasteiger partial charge < -0.3 is 15.2 Å². The quantitative estimate of drug-likeness (QED) is 0.719. The number of carbonyl (C=O) groups excluding carboxylic acids is 1. The SMILES string of the molecule is CCOc1cc(Cl)ccc1C(=O)NCCSCC(=O)O. The number of amides is 1. The topological polar surface area (TPSA) is 75.6 Å². The smallest absolute Gasteiger partial charge is 0.313 e. The van der Waals surface area contributed by atoms with E-state index in [2.05, 4.69) is 5.32 Å². The summed E-state index contributed by atoms with van der Waals surface area (Å²) in [5.41, 5.74) is 0.416. The van der Waals surface area contributed by atoms with Gasteiger partial charge in [-0.3, -0.25) is 9.59 Å². The highest BCUT2D eigenvalue weighted by Crippen LogP contribution is 2.23. The van der Waals surface area contributed by atoms with E-state index >= 15 is 0 Å². The molecule has 0 heterocycles. The normalized spacial score (nSPS) is 10.1. The number of aliphatic carboxylic acids is 1. The molecule has 1 rings (SSSR count). The van der Waals surface area contributed by atoms with Crippen molar-refractivity contribution in [2.45, 2.75) is 6.92 Å². The maximum Gasteiger partial charge on any atom is 0.313 e. The van der Waals surface area contributed by atoms with Crippen LogP contribution in [0, 0.1) is 0 Å². The average Bonchev–Trinajstić information content (AvgIpc) is 2.38. The van der Waals surface area contributed by atoms with Crippen molar-refractivity contribution < 1.29 is 19.4 Å². The third kappa shape index (κ3) is 5.71. The van der Waals surface area contributed by atoms with Gasteiger partial charge in [0.15, 0.2) is 0 Å². The van der Waals surface area contributed by atoms with Crippen molar-refractivity contribution >= 4 is 35.2 Å². The zero-order valence-electron chi connectivity index (χ0n) is 11.0. The molecule has 0 atom stereocenters. The van der Waals surface area contributed by atoms with E-state index in [4.69, 9.17) is 21.4 Å². The molecule has 0 saturated heterocycles. The van der Waals surface area contributed by atoms with E-state index in [0.29, 0.717) is 35.2 Å². The van der Waals surface area contributed by atoms with E-state index in [-0.39, 0.29) is 11.7 Å². The number of nitrogens with one attached hydrogen (secondary N) is 1. The predicted octanol–water partition coefficient (Wildman–Crippen LogP) is 2.29. The van der Waals surface area contributed by atoms with Crippen LogP contribution < -0.4 is 10.1 Å². The lowest BCUT2D eigenvalue weighted by molar-refractivity contribution is -0.133. The molecule has 1 amide bonds. The first kappa shape index (κ1) is 16.7. The predicted molar refractivity (Wildman–Crippen MR) is 79.9 cm³/mol. The summed E-state index contributed by atoms with van der Waals surface area (Å²) < 4.78 is 5.37. The molecule has 0 spiro atoms. The van der Waals surface area contributed by atoms with Gasteiger partial charge in [0, 0.05) is 17.3 Å². The van der Waals surface area contributed by atoms with E-state index in [1.165, 1.54) is 11.8 Å². The summed E-state index contributed by atoms with van der Waals surface area (Å²) in [6, 6.07) is 4.82. The van der Waals surface area contributed by atoms with Gasteiger partial charge in [-0.25, -0.2) is 0 Å². The standard InChI is InChI=1S/C13H16ClNO4S/c1-2-19-11-7-9(14)3-4-10(11)13(18)15-5-6-20-8-12(16)17/h3-4,7H,2,5-6,8H2,1H3,(H,15,18)(H,16,17). The highest BCUT2D eigenvalue weighted by atomic mass is 35.5. The molecular weight excluding hydrogens is 302 g/mol. The van der Waals surface area contributed by atoms with E-state index < -0.39 is 5.97 Å². The Morgan fingerprint density at radius 1 is 1.45 bits per heavy atom. The lowest BCUT2D eigenvalue weighted by atomic mass is 10.2. The number of halogens is 1. The monoisotopic (exact) mass is 317 g/mol. The average molecular weight is 318 g/mol. The molecule has 7 heteroatoms. The lowest BCUT2D eigenvalue weighted by Crippen LogP contribution is -2.26. The highest BCUT2D eigenvalue weighted by Gasteiger charge is 2.12. The molecule has 0 aromatic heterocycles. The van der Waals surface area contributed by atoms with Gasteiger partial charge >= 0.3 is 5.97 Å². The molecule has 2 N–H and O–H groups in total. The molecule has 0 saturated carbocycles. The Balaban J connectivity index is 2.52. The van der Waals surface area contributed by atoms with Crippen LogP contribution in [-0.4, -0.2) is 41.6 Å². The van der Waals surface area contributed by atoms with Crippen LogP contribution in [0.1, 0.15) is 17.3 Å². The molecule has 20 heavy (non-hydrogen) atoms.